The van der Waals surface area contributed by atoms with Gasteiger partial charge in [0.2, 0.25) is 5.91 Å². The molecule has 2 aromatic rings. The van der Waals surface area contributed by atoms with E-state index in [-0.39, 0.29) is 34.6 Å². The molecule has 1 N–H and O–H groups in total. The number of nitrogens with one attached hydrogen (secondary N) is 1. The van der Waals surface area contributed by atoms with Gasteiger partial charge in [-0.15, -0.1) is 11.3 Å². The number of aromatic nitrogens is 2. The van der Waals surface area contributed by atoms with Crippen LogP contribution in [0, 0.1) is 11.8 Å². The van der Waals surface area contributed by atoms with Gasteiger partial charge >= 0.3 is 0 Å². The number of hydrogen-bond acceptors (Lipinski definition) is 8. The number of ether oxygens (including phenoxy) is 1. The lowest BCUT2D eigenvalue weighted by molar-refractivity contribution is -0.115. The largest absolute Gasteiger partial charge is 0.379 e. The number of sulfone groups is 1. The number of anilines is 1. The Morgan fingerprint density at radius 2 is 2.03 bits per heavy atom. The lowest BCUT2D eigenvalue weighted by Crippen LogP contribution is -2.37. The minimum atomic E-state index is -3.30. The monoisotopic (exact) mass is 534 g/mol. The molecule has 1 atom stereocenters. The Bertz CT molecular complexity index is 1170. The van der Waals surface area contributed by atoms with Crippen LogP contribution in [0.5, 0.6) is 0 Å². The van der Waals surface area contributed by atoms with Crippen LogP contribution in [0.15, 0.2) is 23.2 Å². The maximum Gasteiger partial charge on any atom is 0.232 e. The minimum absolute atomic E-state index is 0.0198. The van der Waals surface area contributed by atoms with Crippen LogP contribution in [0.1, 0.15) is 75.7 Å². The van der Waals surface area contributed by atoms with Crippen LogP contribution in [0.2, 0.25) is 0 Å². The number of pyridine rings is 1. The fraction of sp³-hybridized carbons (Fsp3) is 0.654. The van der Waals surface area contributed by atoms with Crippen LogP contribution in [0.3, 0.4) is 0 Å². The average molecular weight is 535 g/mol. The average Bonchev–Trinajstić information content (AvgIpc) is 3.37. The van der Waals surface area contributed by atoms with E-state index in [0.29, 0.717) is 22.7 Å². The Balaban J connectivity index is 1.36. The molecule has 1 aliphatic heterocycles. The van der Waals surface area contributed by atoms with Crippen molar-refractivity contribution in [1.29, 1.82) is 0 Å². The molecule has 198 valence electrons. The maximum atomic E-state index is 12.6. The topological polar surface area (TPSA) is 101 Å². The summed E-state index contributed by atoms with van der Waals surface area (Å²) in [6, 6.07) is 3.36. The van der Waals surface area contributed by atoms with Gasteiger partial charge in [-0.2, -0.15) is 0 Å². The first-order chi connectivity index (χ1) is 17.0. The van der Waals surface area contributed by atoms with Crippen LogP contribution >= 0.6 is 11.3 Å². The third kappa shape index (κ3) is 5.98. The molecule has 1 aliphatic carbocycles. The van der Waals surface area contributed by atoms with Crippen molar-refractivity contribution in [2.24, 2.45) is 11.8 Å². The molecule has 1 fully saturated rings. The standard InChI is InChI=1S/C26H38N4O4S2/c1-6-36(32,33)20-8-7-19(27-14-20)13-22(31)28-25-29-23-21(35-25)16-30(24(23)17(2)3)15-18-9-11-26(4,34-5)12-10-18/h7-8,14,17-18,24H,6,9-13,15-16H2,1-5H3,(H,28,29,31)/t18?,24-,26?/m0/s1. The molecule has 0 saturated heterocycles. The van der Waals surface area contributed by atoms with Crippen LogP contribution in [0.25, 0.3) is 0 Å². The molecule has 3 heterocycles. The number of carbonyl (C=O) groups is 1. The summed E-state index contributed by atoms with van der Waals surface area (Å²) in [6.07, 6.45) is 5.98. The molecule has 0 aromatic carbocycles. The highest BCUT2D eigenvalue weighted by Crippen LogP contribution is 2.44. The predicted octanol–water partition coefficient (Wildman–Crippen LogP) is 4.62. The van der Waals surface area contributed by atoms with Crippen LogP contribution in [-0.4, -0.2) is 54.2 Å². The minimum Gasteiger partial charge on any atom is -0.379 e. The second kappa shape index (κ2) is 10.8. The van der Waals surface area contributed by atoms with Crippen LogP contribution in [-0.2, 0) is 32.3 Å². The van der Waals surface area contributed by atoms with Crippen molar-refractivity contribution in [1.82, 2.24) is 14.9 Å². The van der Waals surface area contributed by atoms with Crippen molar-refractivity contribution < 1.29 is 17.9 Å². The SMILES string of the molecule is CCS(=O)(=O)c1ccc(CC(=O)Nc2nc3c(s2)CN(CC2CCC(C)(OC)CC2)[C@H]3C(C)C)nc1. The zero-order valence-corrected chi connectivity index (χ0v) is 23.5. The quantitative estimate of drug-likeness (QED) is 0.501. The zero-order chi connectivity index (χ0) is 26.1. The first-order valence-corrected chi connectivity index (χ1v) is 15.3. The molecule has 0 radical (unpaired) electrons. The number of rotatable bonds is 9. The summed E-state index contributed by atoms with van der Waals surface area (Å²) >= 11 is 1.56. The second-order valence-corrected chi connectivity index (χ2v) is 14.0. The Labute approximate surface area is 218 Å². The first kappa shape index (κ1) is 27.2. The van der Waals surface area contributed by atoms with Crippen molar-refractivity contribution in [2.45, 2.75) is 82.9 Å². The van der Waals surface area contributed by atoms with Gasteiger partial charge in [-0.1, -0.05) is 20.8 Å². The van der Waals surface area contributed by atoms with Crippen molar-refractivity contribution >= 4 is 32.2 Å². The fourth-order valence-corrected chi connectivity index (χ4v) is 7.20. The van der Waals surface area contributed by atoms with Gasteiger partial charge in [-0.25, -0.2) is 13.4 Å². The highest BCUT2D eigenvalue weighted by molar-refractivity contribution is 7.91. The van der Waals surface area contributed by atoms with Crippen molar-refractivity contribution in [3.05, 3.63) is 34.6 Å². The summed E-state index contributed by atoms with van der Waals surface area (Å²) in [4.78, 5) is 25.6. The van der Waals surface area contributed by atoms with Gasteiger partial charge in [0, 0.05) is 37.0 Å². The Kier molecular flexibility index (Phi) is 8.19. The molecule has 0 spiro atoms. The number of carbonyl (C=O) groups excluding carboxylic acids is 1. The zero-order valence-electron chi connectivity index (χ0n) is 21.9. The van der Waals surface area contributed by atoms with Crippen molar-refractivity contribution in [3.8, 4) is 0 Å². The molecule has 8 nitrogen and oxygen atoms in total. The van der Waals surface area contributed by atoms with E-state index in [9.17, 15) is 13.2 Å². The van der Waals surface area contributed by atoms with E-state index < -0.39 is 9.84 Å². The molecule has 0 unspecified atom stereocenters. The van der Waals surface area contributed by atoms with Gasteiger partial charge in [0.05, 0.1) is 34.4 Å². The summed E-state index contributed by atoms with van der Waals surface area (Å²) < 4.78 is 29.6. The Morgan fingerprint density at radius 1 is 1.31 bits per heavy atom. The normalized spacial score (nSPS) is 24.7. The summed E-state index contributed by atoms with van der Waals surface area (Å²) in [5.74, 6) is 0.912. The third-order valence-electron chi connectivity index (χ3n) is 7.65. The maximum absolute atomic E-state index is 12.6. The van der Waals surface area contributed by atoms with Gasteiger partial charge in [-0.05, 0) is 56.6 Å². The second-order valence-electron chi connectivity index (χ2n) is 10.7. The number of thiazole rings is 1. The van der Waals surface area contributed by atoms with Crippen LogP contribution < -0.4 is 5.32 Å². The van der Waals surface area contributed by atoms with Gasteiger partial charge < -0.3 is 10.1 Å². The molecule has 2 aliphatic rings. The number of hydrogen-bond donors (Lipinski definition) is 1. The summed E-state index contributed by atoms with van der Waals surface area (Å²) in [7, 11) is -1.48. The molecule has 4 rings (SSSR count). The van der Waals surface area contributed by atoms with Gasteiger partial charge in [0.1, 0.15) is 0 Å². The van der Waals surface area contributed by atoms with E-state index in [1.54, 1.807) is 24.3 Å². The van der Waals surface area contributed by atoms with E-state index in [2.05, 4.69) is 36.0 Å². The van der Waals surface area contributed by atoms with Crippen molar-refractivity contribution in [2.75, 3.05) is 24.7 Å². The van der Waals surface area contributed by atoms with Crippen molar-refractivity contribution in [3.63, 3.8) is 0 Å². The molecule has 2 aromatic heterocycles. The number of amides is 1. The van der Waals surface area contributed by atoms with Gasteiger partial charge in [-0.3, -0.25) is 14.7 Å². The molecule has 36 heavy (non-hydrogen) atoms. The van der Waals surface area contributed by atoms with E-state index in [4.69, 9.17) is 9.72 Å². The van der Waals surface area contributed by atoms with E-state index in [1.807, 2.05) is 7.11 Å². The van der Waals surface area contributed by atoms with Gasteiger partial charge in [0.15, 0.2) is 15.0 Å². The summed E-state index contributed by atoms with van der Waals surface area (Å²) in [5, 5.41) is 3.54. The number of fused-ring (bicyclic) bond motifs is 1. The lowest BCUT2D eigenvalue weighted by atomic mass is 9.79. The predicted molar refractivity (Wildman–Crippen MR) is 142 cm³/mol. The number of nitrogens with zero attached hydrogens (tertiary/aromatic N) is 3. The third-order valence-corrected chi connectivity index (χ3v) is 10.3. The molecular formula is C26H38N4O4S2. The highest BCUT2D eigenvalue weighted by Gasteiger charge is 2.39. The molecule has 10 heteroatoms. The lowest BCUT2D eigenvalue weighted by Gasteiger charge is -2.39. The molecule has 1 saturated carbocycles. The van der Waals surface area contributed by atoms with E-state index in [1.165, 1.54) is 30.0 Å². The van der Waals surface area contributed by atoms with E-state index in [0.717, 1.165) is 31.6 Å². The van der Waals surface area contributed by atoms with E-state index >= 15 is 0 Å². The fourth-order valence-electron chi connectivity index (χ4n) is 5.33. The first-order valence-electron chi connectivity index (χ1n) is 12.8. The summed E-state index contributed by atoms with van der Waals surface area (Å²) in [5.41, 5.74) is 1.64. The molecule has 1 amide bonds. The Hall–Kier alpha value is -1.88. The molecular weight excluding hydrogens is 496 g/mol. The number of methoxy groups -OCH3 is 1. The Morgan fingerprint density at radius 3 is 2.61 bits per heavy atom. The molecule has 0 bridgehead atoms. The smallest absolute Gasteiger partial charge is 0.232 e. The van der Waals surface area contributed by atoms with Crippen LogP contribution in [0.4, 0.5) is 5.13 Å². The van der Waals surface area contributed by atoms with Gasteiger partial charge in [0.25, 0.3) is 0 Å². The summed E-state index contributed by atoms with van der Waals surface area (Å²) in [6.45, 7) is 10.2. The highest BCUT2D eigenvalue weighted by atomic mass is 32.2.